The fraction of sp³-hybridized carbons (Fsp3) is 0.951. The van der Waals surface area contributed by atoms with Crippen molar-refractivity contribution in [1.82, 2.24) is 0 Å². The van der Waals surface area contributed by atoms with Gasteiger partial charge in [-0.25, -0.2) is 9.13 Å². The molecule has 17 nitrogen and oxygen atoms in total. The molecule has 0 aromatic heterocycles. The van der Waals surface area contributed by atoms with Crippen LogP contribution in [0.25, 0.3) is 0 Å². The third-order valence-electron chi connectivity index (χ3n) is 19.1. The average molecular weight is 1480 g/mol. The predicted molar refractivity (Wildman–Crippen MR) is 414 cm³/mol. The molecule has 0 rings (SSSR count). The zero-order valence-electron chi connectivity index (χ0n) is 66.4. The highest BCUT2D eigenvalue weighted by Crippen LogP contribution is 2.45. The number of phosphoric ester groups is 2. The molecule has 19 heteroatoms. The van der Waals surface area contributed by atoms with Crippen LogP contribution in [0, 0.1) is 17.8 Å². The second-order valence-electron chi connectivity index (χ2n) is 30.9. The summed E-state index contributed by atoms with van der Waals surface area (Å²) < 4.78 is 68.8. The Morgan fingerprint density at radius 3 is 0.673 bits per heavy atom. The lowest BCUT2D eigenvalue weighted by molar-refractivity contribution is -0.161. The molecule has 0 fully saturated rings. The molecule has 0 radical (unpaired) electrons. The van der Waals surface area contributed by atoms with Crippen LogP contribution in [0.4, 0.5) is 0 Å². The molecule has 0 saturated carbocycles. The second kappa shape index (κ2) is 72.3. The molecule has 0 aliphatic heterocycles. The van der Waals surface area contributed by atoms with Gasteiger partial charge < -0.3 is 33.8 Å². The van der Waals surface area contributed by atoms with Gasteiger partial charge in [0.05, 0.1) is 26.4 Å². The van der Waals surface area contributed by atoms with Crippen molar-refractivity contribution in [2.45, 2.75) is 446 Å². The minimum Gasteiger partial charge on any atom is -0.462 e. The number of phosphoric acid groups is 2. The number of carbonyl (C=O) groups is 4. The summed E-state index contributed by atoms with van der Waals surface area (Å²) in [6.45, 7) is 12.0. The van der Waals surface area contributed by atoms with Gasteiger partial charge in [0.15, 0.2) is 12.2 Å². The van der Waals surface area contributed by atoms with E-state index in [2.05, 4.69) is 48.5 Å². The number of rotatable bonds is 80. The van der Waals surface area contributed by atoms with Crippen LogP contribution in [-0.2, 0) is 65.4 Å². The minimum atomic E-state index is -4.96. The van der Waals surface area contributed by atoms with Crippen molar-refractivity contribution in [1.29, 1.82) is 0 Å². The van der Waals surface area contributed by atoms with Crippen LogP contribution in [0.15, 0.2) is 0 Å². The number of aliphatic hydroxyl groups excluding tert-OH is 1. The molecular weight excluding hydrogens is 1320 g/mol. The molecule has 101 heavy (non-hydrogen) atoms. The highest BCUT2D eigenvalue weighted by molar-refractivity contribution is 7.47. The van der Waals surface area contributed by atoms with E-state index < -0.39 is 97.5 Å². The molecule has 0 aliphatic carbocycles. The average Bonchev–Trinajstić information content (AvgIpc) is 1.02. The quantitative estimate of drug-likeness (QED) is 0.0222. The summed E-state index contributed by atoms with van der Waals surface area (Å²) in [5.74, 6) is 0.213. The first-order valence-corrected chi connectivity index (χ1v) is 45.3. The van der Waals surface area contributed by atoms with Crippen molar-refractivity contribution in [3.63, 3.8) is 0 Å². The van der Waals surface area contributed by atoms with E-state index in [1.165, 1.54) is 238 Å². The Hall–Kier alpha value is -1.94. The van der Waals surface area contributed by atoms with E-state index in [4.69, 9.17) is 37.0 Å². The SMILES string of the molecule is CCCCCCCCCCCCCCCCCCCC(=O)O[C@H](COC(=O)CCCCCCCCCCCCCCCC(C)C)COP(=O)(O)OC[C@@H](O)COP(=O)(O)OC[C@@H](COC(=O)CCCCCCCCCCCC(C)C)OC(=O)CCCCCCCCCCCCCCCC(C)C. The lowest BCUT2D eigenvalue weighted by atomic mass is 10.0. The maximum Gasteiger partial charge on any atom is 0.472 e. The molecule has 3 N–H and O–H groups in total. The van der Waals surface area contributed by atoms with Crippen molar-refractivity contribution in [2.75, 3.05) is 39.6 Å². The Balaban J connectivity index is 5.27. The molecule has 600 valence electrons. The topological polar surface area (TPSA) is 237 Å². The molecule has 0 heterocycles. The molecule has 0 saturated heterocycles. The van der Waals surface area contributed by atoms with Gasteiger partial charge in [0, 0.05) is 25.7 Å². The number of aliphatic hydroxyl groups is 1. The summed E-state index contributed by atoms with van der Waals surface area (Å²) in [7, 11) is -9.92. The summed E-state index contributed by atoms with van der Waals surface area (Å²) in [5, 5.41) is 10.7. The van der Waals surface area contributed by atoms with Gasteiger partial charge in [-0.05, 0) is 43.4 Å². The van der Waals surface area contributed by atoms with E-state index in [0.29, 0.717) is 25.7 Å². The molecular formula is C82H160O17P2. The first-order valence-electron chi connectivity index (χ1n) is 42.3. The predicted octanol–water partition coefficient (Wildman–Crippen LogP) is 24.5. The number of hydrogen-bond acceptors (Lipinski definition) is 15. The summed E-state index contributed by atoms with van der Waals surface area (Å²) in [4.78, 5) is 73.1. The van der Waals surface area contributed by atoms with E-state index in [1.54, 1.807) is 0 Å². The first-order chi connectivity index (χ1) is 48.7. The molecule has 0 bridgehead atoms. The fourth-order valence-corrected chi connectivity index (χ4v) is 14.2. The van der Waals surface area contributed by atoms with Gasteiger partial charge in [-0.15, -0.1) is 0 Å². The van der Waals surface area contributed by atoms with Crippen LogP contribution in [0.1, 0.15) is 427 Å². The number of unbranched alkanes of at least 4 members (excludes halogenated alkanes) is 48. The van der Waals surface area contributed by atoms with Crippen molar-refractivity contribution in [3.8, 4) is 0 Å². The highest BCUT2D eigenvalue weighted by atomic mass is 31.2. The highest BCUT2D eigenvalue weighted by Gasteiger charge is 2.30. The monoisotopic (exact) mass is 1480 g/mol. The Kier molecular flexibility index (Phi) is 70.9. The number of hydrogen-bond donors (Lipinski definition) is 3. The molecule has 2 unspecified atom stereocenters. The van der Waals surface area contributed by atoms with E-state index in [-0.39, 0.29) is 25.7 Å². The summed E-state index contributed by atoms with van der Waals surface area (Å²) >= 11 is 0. The first kappa shape index (κ1) is 99.1. The minimum absolute atomic E-state index is 0.107. The van der Waals surface area contributed by atoms with E-state index in [9.17, 15) is 43.2 Å². The van der Waals surface area contributed by atoms with Gasteiger partial charge in [-0.3, -0.25) is 37.3 Å². The number of ether oxygens (including phenoxy) is 4. The van der Waals surface area contributed by atoms with Crippen LogP contribution in [0.5, 0.6) is 0 Å². The van der Waals surface area contributed by atoms with Crippen molar-refractivity contribution < 1.29 is 80.2 Å². The maximum absolute atomic E-state index is 13.1. The molecule has 5 atom stereocenters. The van der Waals surface area contributed by atoms with E-state index in [0.717, 1.165) is 108 Å². The molecule has 0 amide bonds. The van der Waals surface area contributed by atoms with E-state index >= 15 is 0 Å². The third-order valence-corrected chi connectivity index (χ3v) is 21.0. The van der Waals surface area contributed by atoms with Gasteiger partial charge in [0.2, 0.25) is 0 Å². The largest absolute Gasteiger partial charge is 0.472 e. The number of carbonyl (C=O) groups excluding carboxylic acids is 4. The summed E-state index contributed by atoms with van der Waals surface area (Å²) in [5.41, 5.74) is 0. The van der Waals surface area contributed by atoms with Gasteiger partial charge >= 0.3 is 39.5 Å². The summed E-state index contributed by atoms with van der Waals surface area (Å²) in [6, 6.07) is 0. The van der Waals surface area contributed by atoms with Crippen molar-refractivity contribution in [2.24, 2.45) is 17.8 Å². The van der Waals surface area contributed by atoms with Crippen molar-refractivity contribution in [3.05, 3.63) is 0 Å². The van der Waals surface area contributed by atoms with Gasteiger partial charge in [-0.2, -0.15) is 0 Å². The fourth-order valence-electron chi connectivity index (χ4n) is 12.7. The Morgan fingerprint density at radius 2 is 0.455 bits per heavy atom. The van der Waals surface area contributed by atoms with Crippen LogP contribution in [0.3, 0.4) is 0 Å². The Bertz CT molecular complexity index is 1960. The Labute approximate surface area is 619 Å². The third kappa shape index (κ3) is 76.1. The van der Waals surface area contributed by atoms with Gasteiger partial charge in [-0.1, -0.05) is 376 Å². The molecule has 0 aliphatic rings. The van der Waals surface area contributed by atoms with Crippen molar-refractivity contribution >= 4 is 39.5 Å². The second-order valence-corrected chi connectivity index (χ2v) is 33.8. The Morgan fingerprint density at radius 1 is 0.267 bits per heavy atom. The standard InChI is InChI=1S/C82H160O17P2/c1-8-9-10-11-12-13-14-15-16-17-18-23-29-36-44-51-58-65-81(86)98-77(69-92-79(84)63-56-49-42-35-28-24-19-21-26-32-39-46-53-60-73(2)3)71-96-100(88,89)94-67-76(83)68-95-101(90,91)97-72-78(70-93-80(85)64-57-50-43-38-31-34-41-48-55-62-75(6)7)99-82(87)66-59-52-45-37-30-25-20-22-27-33-40-47-54-61-74(4)5/h73-78,83H,8-72H2,1-7H3,(H,88,89)(H,90,91)/t76-,77-,78-/m1/s1. The van der Waals surface area contributed by atoms with Crippen LogP contribution in [-0.4, -0.2) is 96.7 Å². The summed E-state index contributed by atoms with van der Waals surface area (Å²) in [6.07, 6.45) is 60.9. The lowest BCUT2D eigenvalue weighted by Gasteiger charge is -2.21. The normalized spacial score (nSPS) is 14.0. The zero-order valence-corrected chi connectivity index (χ0v) is 68.2. The molecule has 0 aromatic rings. The van der Waals surface area contributed by atoms with Gasteiger partial charge in [0.25, 0.3) is 0 Å². The molecule has 0 spiro atoms. The maximum atomic E-state index is 13.1. The smallest absolute Gasteiger partial charge is 0.462 e. The zero-order chi connectivity index (χ0) is 74.4. The van der Waals surface area contributed by atoms with E-state index in [1.807, 2.05) is 0 Å². The molecule has 0 aromatic carbocycles. The van der Waals surface area contributed by atoms with Crippen LogP contribution >= 0.6 is 15.6 Å². The number of esters is 4. The van der Waals surface area contributed by atoms with Crippen LogP contribution < -0.4 is 0 Å². The van der Waals surface area contributed by atoms with Gasteiger partial charge in [0.1, 0.15) is 19.3 Å². The van der Waals surface area contributed by atoms with Crippen LogP contribution in [0.2, 0.25) is 0 Å². The lowest BCUT2D eigenvalue weighted by Crippen LogP contribution is -2.30.